The average Bonchev–Trinajstić information content (AvgIpc) is 3.09. The molecule has 1 N–H and O–H groups in total. The van der Waals surface area contributed by atoms with Gasteiger partial charge in [0.05, 0.1) is 12.7 Å². The van der Waals surface area contributed by atoms with Crippen LogP contribution in [0.2, 0.25) is 0 Å². The van der Waals surface area contributed by atoms with Gasteiger partial charge in [0.25, 0.3) is 0 Å². The molecule has 0 bridgehead atoms. The molecule has 0 amide bonds. The number of allylic oxidation sites excluding steroid dienone is 8. The number of rotatable bonds is 35. The summed E-state index contributed by atoms with van der Waals surface area (Å²) >= 11 is 0. The van der Waals surface area contributed by atoms with Gasteiger partial charge in [0, 0.05) is 38.9 Å². The van der Waals surface area contributed by atoms with Gasteiger partial charge in [0.2, 0.25) is 0 Å². The fourth-order valence-electron chi connectivity index (χ4n) is 6.36. The minimum absolute atomic E-state index is 0.208. The summed E-state index contributed by atoms with van der Waals surface area (Å²) in [5.74, 6) is 0. The van der Waals surface area contributed by atoms with Gasteiger partial charge in [0.15, 0.2) is 0 Å². The maximum Gasteiger partial charge on any atom is 0.0823 e. The molecule has 0 radical (unpaired) electrons. The minimum atomic E-state index is 0.208. The highest BCUT2D eigenvalue weighted by Gasteiger charge is 2.23. The molecule has 1 aliphatic rings. The highest BCUT2D eigenvalue weighted by Crippen LogP contribution is 2.14. The summed E-state index contributed by atoms with van der Waals surface area (Å²) in [7, 11) is 2.26. The van der Waals surface area contributed by atoms with Gasteiger partial charge in [0.1, 0.15) is 0 Å². The van der Waals surface area contributed by atoms with Gasteiger partial charge in [-0.15, -0.1) is 0 Å². The Morgan fingerprint density at radius 1 is 0.583 bits per heavy atom. The second-order valence-corrected chi connectivity index (χ2v) is 14.3. The van der Waals surface area contributed by atoms with Gasteiger partial charge in [-0.1, -0.05) is 140 Å². The third kappa shape index (κ3) is 30.8. The molecule has 1 fully saturated rings. The van der Waals surface area contributed by atoms with Crippen molar-refractivity contribution < 1.29 is 9.47 Å². The van der Waals surface area contributed by atoms with Gasteiger partial charge >= 0.3 is 0 Å². The lowest BCUT2D eigenvalue weighted by atomic mass is 10.1. The molecular weight excluding hydrogens is 588 g/mol. The Kier molecular flexibility index (Phi) is 34.6. The Bertz CT molecular complexity index is 761. The third-order valence-electron chi connectivity index (χ3n) is 9.67. The summed E-state index contributed by atoms with van der Waals surface area (Å²) < 4.78 is 12.6. The lowest BCUT2D eigenvalue weighted by Crippen LogP contribution is -2.51. The summed E-state index contributed by atoms with van der Waals surface area (Å²) in [6.07, 6.45) is 50.9. The molecule has 0 aromatic rings. The molecule has 0 aromatic heterocycles. The third-order valence-corrected chi connectivity index (χ3v) is 9.67. The minimum Gasteiger partial charge on any atom is -0.379 e. The largest absolute Gasteiger partial charge is 0.379 e. The van der Waals surface area contributed by atoms with Crippen LogP contribution in [0.5, 0.6) is 0 Å². The van der Waals surface area contributed by atoms with Crippen molar-refractivity contribution in [1.29, 1.82) is 0 Å². The summed E-state index contributed by atoms with van der Waals surface area (Å²) in [4.78, 5) is 2.50. The Hall–Kier alpha value is -1.20. The summed E-state index contributed by atoms with van der Waals surface area (Å²) in [5.41, 5.74) is 0. The van der Waals surface area contributed by atoms with E-state index in [1.54, 1.807) is 0 Å². The van der Waals surface area contributed by atoms with Gasteiger partial charge in [-0.05, 0) is 90.5 Å². The van der Waals surface area contributed by atoms with E-state index in [4.69, 9.17) is 9.47 Å². The van der Waals surface area contributed by atoms with Crippen molar-refractivity contribution in [2.75, 3.05) is 46.5 Å². The van der Waals surface area contributed by atoms with Crippen LogP contribution in [0.25, 0.3) is 0 Å². The number of nitrogens with zero attached hydrogens (tertiary/aromatic N) is 1. The van der Waals surface area contributed by atoms with Crippen molar-refractivity contribution in [1.82, 2.24) is 10.2 Å². The predicted molar refractivity (Wildman–Crippen MR) is 213 cm³/mol. The molecule has 4 heteroatoms. The zero-order valence-corrected chi connectivity index (χ0v) is 32.5. The number of piperazine rings is 1. The van der Waals surface area contributed by atoms with Crippen LogP contribution in [0.15, 0.2) is 48.6 Å². The van der Waals surface area contributed by atoms with Crippen LogP contribution in [0.4, 0.5) is 0 Å². The van der Waals surface area contributed by atoms with E-state index in [-0.39, 0.29) is 6.10 Å². The Morgan fingerprint density at radius 3 is 1.54 bits per heavy atom. The molecule has 4 nitrogen and oxygen atoms in total. The first-order valence-electron chi connectivity index (χ1n) is 21.0. The first-order chi connectivity index (χ1) is 23.8. The number of hydrogen-bond acceptors (Lipinski definition) is 4. The van der Waals surface area contributed by atoms with E-state index in [0.29, 0.717) is 6.04 Å². The lowest BCUT2D eigenvalue weighted by Gasteiger charge is -2.35. The fraction of sp³-hybridized carbons (Fsp3) is 0.818. The smallest absolute Gasteiger partial charge is 0.0823 e. The van der Waals surface area contributed by atoms with Gasteiger partial charge < -0.3 is 19.7 Å². The quantitative estimate of drug-likeness (QED) is 0.0537. The van der Waals surface area contributed by atoms with Crippen molar-refractivity contribution in [2.45, 2.75) is 187 Å². The van der Waals surface area contributed by atoms with Gasteiger partial charge in [-0.2, -0.15) is 0 Å². The molecule has 2 atom stereocenters. The number of hydrogen-bond donors (Lipinski definition) is 1. The summed E-state index contributed by atoms with van der Waals surface area (Å²) in [6, 6.07) is 0.546. The van der Waals surface area contributed by atoms with Crippen LogP contribution in [0, 0.1) is 0 Å². The Morgan fingerprint density at radius 2 is 1.04 bits per heavy atom. The molecule has 2 unspecified atom stereocenters. The molecule has 1 heterocycles. The van der Waals surface area contributed by atoms with Crippen LogP contribution in [-0.4, -0.2) is 63.5 Å². The second-order valence-electron chi connectivity index (χ2n) is 14.3. The molecular formula is C44H82N2O2. The molecule has 0 saturated carbocycles. The maximum atomic E-state index is 6.44. The van der Waals surface area contributed by atoms with E-state index in [1.807, 2.05) is 0 Å². The molecule has 0 aromatic carbocycles. The van der Waals surface area contributed by atoms with E-state index in [9.17, 15) is 0 Å². The van der Waals surface area contributed by atoms with Crippen LogP contribution in [0.1, 0.15) is 174 Å². The molecule has 0 spiro atoms. The second kappa shape index (κ2) is 37.1. The Balaban J connectivity index is 2.06. The number of unbranched alkanes of at least 4 members (excludes halogenated alkanes) is 18. The zero-order chi connectivity index (χ0) is 34.4. The number of ether oxygens (including phenoxy) is 2. The maximum absolute atomic E-state index is 6.44. The molecule has 48 heavy (non-hydrogen) atoms. The molecule has 1 aliphatic heterocycles. The standard InChI is InChI=1S/C44H82N2O2/c1-4-6-8-10-12-14-16-18-20-22-24-26-28-30-32-34-38-47-42-44(40-43-41-45-36-37-46(43)3)48-39-35-33-31-29-27-25-23-21-19-17-15-13-11-9-7-5-2/h12-15,18-21,43-45H,4-11,16-17,22-42H2,1-3H3/b14-12-,15-13-,20-18-,21-19-. The normalized spacial score (nSPS) is 16.9. The van der Waals surface area contributed by atoms with Crippen LogP contribution in [-0.2, 0) is 9.47 Å². The van der Waals surface area contributed by atoms with E-state index in [1.165, 1.54) is 141 Å². The topological polar surface area (TPSA) is 33.7 Å². The fourth-order valence-corrected chi connectivity index (χ4v) is 6.36. The number of nitrogens with one attached hydrogen (secondary N) is 1. The van der Waals surface area contributed by atoms with Crippen molar-refractivity contribution >= 4 is 0 Å². The summed E-state index contributed by atoms with van der Waals surface area (Å²) in [5, 5.41) is 3.57. The first kappa shape index (κ1) is 44.8. The number of likely N-dealkylation sites (N-methyl/N-ethyl adjacent to an activating group) is 1. The van der Waals surface area contributed by atoms with Gasteiger partial charge in [-0.25, -0.2) is 0 Å². The van der Waals surface area contributed by atoms with Crippen LogP contribution >= 0.6 is 0 Å². The van der Waals surface area contributed by atoms with Crippen LogP contribution in [0.3, 0.4) is 0 Å². The summed E-state index contributed by atoms with van der Waals surface area (Å²) in [6.45, 7) is 10.3. The first-order valence-corrected chi connectivity index (χ1v) is 21.0. The van der Waals surface area contributed by atoms with Crippen molar-refractivity contribution in [2.24, 2.45) is 0 Å². The van der Waals surface area contributed by atoms with Crippen molar-refractivity contribution in [3.8, 4) is 0 Å². The SMILES string of the molecule is CCCCC/C=C\C/C=C\CCCCCCCCOCC(CC1CNCCN1C)OCCCCCCCC/C=C\C/C=C\CCCCC. The Labute approximate surface area is 300 Å². The predicted octanol–water partition coefficient (Wildman–Crippen LogP) is 12.3. The molecule has 280 valence electrons. The monoisotopic (exact) mass is 671 g/mol. The van der Waals surface area contributed by atoms with E-state index in [0.717, 1.165) is 58.7 Å². The van der Waals surface area contributed by atoms with Crippen molar-refractivity contribution in [3.63, 3.8) is 0 Å². The van der Waals surface area contributed by atoms with Crippen molar-refractivity contribution in [3.05, 3.63) is 48.6 Å². The average molecular weight is 671 g/mol. The van der Waals surface area contributed by atoms with E-state index in [2.05, 4.69) is 79.7 Å². The zero-order valence-electron chi connectivity index (χ0n) is 32.5. The van der Waals surface area contributed by atoms with E-state index < -0.39 is 0 Å². The van der Waals surface area contributed by atoms with Gasteiger partial charge in [-0.3, -0.25) is 0 Å². The highest BCUT2D eigenvalue weighted by molar-refractivity contribution is 4.93. The molecule has 0 aliphatic carbocycles. The van der Waals surface area contributed by atoms with Crippen LogP contribution < -0.4 is 5.32 Å². The lowest BCUT2D eigenvalue weighted by molar-refractivity contribution is -0.0350. The molecule has 1 saturated heterocycles. The highest BCUT2D eigenvalue weighted by atomic mass is 16.5. The van der Waals surface area contributed by atoms with E-state index >= 15 is 0 Å². The molecule has 1 rings (SSSR count).